The smallest absolute Gasteiger partial charge is 0.326 e. The van der Waals surface area contributed by atoms with Crippen molar-refractivity contribution in [2.45, 2.75) is 19.8 Å². The first kappa shape index (κ1) is 13.1. The van der Waals surface area contributed by atoms with Crippen LogP contribution in [0.4, 0.5) is 0 Å². The van der Waals surface area contributed by atoms with E-state index in [2.05, 4.69) is 0 Å². The van der Waals surface area contributed by atoms with Gasteiger partial charge in [0.25, 0.3) is 0 Å². The number of imide groups is 1. The van der Waals surface area contributed by atoms with Crippen molar-refractivity contribution in [1.29, 1.82) is 0 Å². The minimum absolute atomic E-state index is 0.231. The highest BCUT2D eigenvalue weighted by Gasteiger charge is 2.48. The van der Waals surface area contributed by atoms with Crippen molar-refractivity contribution in [3.63, 3.8) is 0 Å². The van der Waals surface area contributed by atoms with Crippen LogP contribution in [0.5, 0.6) is 0 Å². The molecule has 1 heterocycles. The maximum absolute atomic E-state index is 12.0. The second-order valence-electron chi connectivity index (χ2n) is 4.37. The molecular weight excluding hydrogens is 258 g/mol. The largest absolute Gasteiger partial charge is 0.465 e. The monoisotopic (exact) mass is 271 g/mol. The molecule has 0 bridgehead atoms. The van der Waals surface area contributed by atoms with Crippen molar-refractivity contribution in [2.75, 3.05) is 13.2 Å². The maximum atomic E-state index is 12.0. The summed E-state index contributed by atoms with van der Waals surface area (Å²) < 4.78 is 4.75. The standard InChI is InChI=1S/C12H14ClNO4/c1-2-18-10(15)6-14-11(16)8-4-3-7(13)5-9(8)12(14)17/h3,8-9H,2,4-6H2,1H3/t8-,9+/m1/s1. The number of allylic oxidation sites excluding steroid dienone is 2. The zero-order chi connectivity index (χ0) is 13.3. The Morgan fingerprint density at radius 2 is 2.11 bits per heavy atom. The number of fused-ring (bicyclic) bond motifs is 1. The van der Waals surface area contributed by atoms with E-state index in [1.54, 1.807) is 13.0 Å². The lowest BCUT2D eigenvalue weighted by Crippen LogP contribution is -2.36. The lowest BCUT2D eigenvalue weighted by Gasteiger charge is -2.17. The maximum Gasteiger partial charge on any atom is 0.326 e. The molecule has 6 heteroatoms. The fraction of sp³-hybridized carbons (Fsp3) is 0.583. The van der Waals surface area contributed by atoms with Gasteiger partial charge in [0.2, 0.25) is 11.8 Å². The fourth-order valence-electron chi connectivity index (χ4n) is 2.39. The van der Waals surface area contributed by atoms with E-state index >= 15 is 0 Å². The molecule has 98 valence electrons. The first-order valence-electron chi connectivity index (χ1n) is 5.90. The van der Waals surface area contributed by atoms with E-state index in [9.17, 15) is 14.4 Å². The number of hydrogen-bond donors (Lipinski definition) is 0. The van der Waals surface area contributed by atoms with Crippen LogP contribution < -0.4 is 0 Å². The average molecular weight is 272 g/mol. The molecule has 1 fully saturated rings. The van der Waals surface area contributed by atoms with Gasteiger partial charge in [0, 0.05) is 5.03 Å². The van der Waals surface area contributed by atoms with E-state index < -0.39 is 11.9 Å². The van der Waals surface area contributed by atoms with Gasteiger partial charge in [-0.25, -0.2) is 0 Å². The molecule has 1 aliphatic heterocycles. The number of carbonyl (C=O) groups is 3. The van der Waals surface area contributed by atoms with E-state index in [0.717, 1.165) is 4.90 Å². The van der Waals surface area contributed by atoms with Gasteiger partial charge in [-0.05, 0) is 19.8 Å². The van der Waals surface area contributed by atoms with E-state index in [4.69, 9.17) is 16.3 Å². The van der Waals surface area contributed by atoms with Crippen LogP contribution >= 0.6 is 11.6 Å². The number of likely N-dealkylation sites (tertiary alicyclic amines) is 1. The number of ether oxygens (including phenoxy) is 1. The molecule has 2 atom stereocenters. The Kier molecular flexibility index (Phi) is 3.71. The lowest BCUT2D eigenvalue weighted by atomic mass is 9.85. The third-order valence-electron chi connectivity index (χ3n) is 3.25. The van der Waals surface area contributed by atoms with Crippen LogP contribution in [0.25, 0.3) is 0 Å². The highest BCUT2D eigenvalue weighted by atomic mass is 35.5. The number of halogens is 1. The average Bonchev–Trinajstić information content (AvgIpc) is 2.55. The van der Waals surface area contributed by atoms with Crippen LogP contribution in [0, 0.1) is 11.8 Å². The molecule has 0 aromatic carbocycles. The number of esters is 1. The van der Waals surface area contributed by atoms with E-state index in [0.29, 0.717) is 17.9 Å². The number of hydrogen-bond acceptors (Lipinski definition) is 4. The molecule has 18 heavy (non-hydrogen) atoms. The Bertz CT molecular complexity index is 432. The second kappa shape index (κ2) is 5.10. The van der Waals surface area contributed by atoms with Gasteiger partial charge in [-0.2, -0.15) is 0 Å². The van der Waals surface area contributed by atoms with E-state index in [-0.39, 0.29) is 30.9 Å². The Labute approximate surface area is 110 Å². The van der Waals surface area contributed by atoms with Crippen molar-refractivity contribution < 1.29 is 19.1 Å². The van der Waals surface area contributed by atoms with Gasteiger partial charge in [0.05, 0.1) is 18.4 Å². The molecular formula is C12H14ClNO4. The summed E-state index contributed by atoms with van der Waals surface area (Å²) in [5.41, 5.74) is 0. The molecule has 2 amide bonds. The Morgan fingerprint density at radius 1 is 1.44 bits per heavy atom. The molecule has 0 radical (unpaired) electrons. The van der Waals surface area contributed by atoms with Crippen molar-refractivity contribution in [3.8, 4) is 0 Å². The molecule has 0 aromatic heterocycles. The van der Waals surface area contributed by atoms with Crippen LogP contribution in [0.1, 0.15) is 19.8 Å². The Morgan fingerprint density at radius 3 is 2.78 bits per heavy atom. The van der Waals surface area contributed by atoms with Crippen LogP contribution in [0.15, 0.2) is 11.1 Å². The minimum Gasteiger partial charge on any atom is -0.465 e. The normalized spacial score (nSPS) is 27.0. The zero-order valence-corrected chi connectivity index (χ0v) is 10.8. The van der Waals surface area contributed by atoms with Crippen molar-refractivity contribution in [2.24, 2.45) is 11.8 Å². The second-order valence-corrected chi connectivity index (χ2v) is 4.86. The van der Waals surface area contributed by atoms with Crippen LogP contribution in [-0.4, -0.2) is 35.8 Å². The predicted molar refractivity (Wildman–Crippen MR) is 63.5 cm³/mol. The van der Waals surface area contributed by atoms with Gasteiger partial charge in [-0.1, -0.05) is 17.7 Å². The lowest BCUT2D eigenvalue weighted by molar-refractivity contribution is -0.152. The first-order chi connectivity index (χ1) is 8.54. The SMILES string of the molecule is CCOC(=O)CN1C(=O)[C@H]2CC(Cl)=CC[C@H]2C1=O. The molecule has 0 N–H and O–H groups in total. The van der Waals surface area contributed by atoms with Crippen LogP contribution in [-0.2, 0) is 19.1 Å². The highest BCUT2D eigenvalue weighted by molar-refractivity contribution is 6.30. The fourth-order valence-corrected chi connectivity index (χ4v) is 2.64. The molecule has 0 saturated carbocycles. The number of rotatable bonds is 3. The van der Waals surface area contributed by atoms with Crippen LogP contribution in [0.3, 0.4) is 0 Å². The zero-order valence-electron chi connectivity index (χ0n) is 10.0. The molecule has 0 spiro atoms. The van der Waals surface area contributed by atoms with Crippen molar-refractivity contribution in [1.82, 2.24) is 4.90 Å². The molecule has 1 aliphatic carbocycles. The summed E-state index contributed by atoms with van der Waals surface area (Å²) in [6.07, 6.45) is 2.62. The number of carbonyl (C=O) groups excluding carboxylic acids is 3. The number of nitrogens with zero attached hydrogens (tertiary/aromatic N) is 1. The first-order valence-corrected chi connectivity index (χ1v) is 6.27. The third kappa shape index (κ3) is 2.27. The number of amides is 2. The van der Waals surface area contributed by atoms with Crippen LogP contribution in [0.2, 0.25) is 0 Å². The van der Waals surface area contributed by atoms with Gasteiger partial charge in [-0.15, -0.1) is 0 Å². The van der Waals surface area contributed by atoms with Gasteiger partial charge >= 0.3 is 5.97 Å². The quantitative estimate of drug-likeness (QED) is 0.569. The predicted octanol–water partition coefficient (Wildman–Crippen LogP) is 1.07. The summed E-state index contributed by atoms with van der Waals surface area (Å²) in [5, 5.41) is 0.607. The van der Waals surface area contributed by atoms with Gasteiger partial charge in [-0.3, -0.25) is 19.3 Å². The summed E-state index contributed by atoms with van der Waals surface area (Å²) in [6, 6.07) is 0. The van der Waals surface area contributed by atoms with E-state index in [1.807, 2.05) is 0 Å². The van der Waals surface area contributed by atoms with Crippen molar-refractivity contribution >= 4 is 29.4 Å². The molecule has 1 saturated heterocycles. The summed E-state index contributed by atoms with van der Waals surface area (Å²) in [5.74, 6) is -1.95. The summed E-state index contributed by atoms with van der Waals surface area (Å²) >= 11 is 5.89. The topological polar surface area (TPSA) is 63.7 Å². The molecule has 0 unspecified atom stereocenters. The Hall–Kier alpha value is -1.36. The molecule has 0 aromatic rings. The van der Waals surface area contributed by atoms with Crippen molar-refractivity contribution in [3.05, 3.63) is 11.1 Å². The summed E-state index contributed by atoms with van der Waals surface area (Å²) in [4.78, 5) is 36.4. The minimum atomic E-state index is -0.558. The third-order valence-corrected chi connectivity index (χ3v) is 3.56. The van der Waals surface area contributed by atoms with E-state index in [1.165, 1.54) is 0 Å². The van der Waals surface area contributed by atoms with Gasteiger partial charge in [0.1, 0.15) is 6.54 Å². The molecule has 5 nitrogen and oxygen atoms in total. The Balaban J connectivity index is 2.09. The summed E-state index contributed by atoms with van der Waals surface area (Å²) in [6.45, 7) is 1.61. The molecule has 2 rings (SSSR count). The van der Waals surface area contributed by atoms with Gasteiger partial charge in [0.15, 0.2) is 0 Å². The van der Waals surface area contributed by atoms with Gasteiger partial charge < -0.3 is 4.74 Å². The highest BCUT2D eigenvalue weighted by Crippen LogP contribution is 2.38. The molecule has 2 aliphatic rings. The summed E-state index contributed by atoms with van der Waals surface area (Å²) in [7, 11) is 0.